The molecule has 0 aliphatic heterocycles. The molecule has 68 valence electrons. The van der Waals surface area contributed by atoms with Crippen LogP contribution in [0.25, 0.3) is 0 Å². The van der Waals surface area contributed by atoms with Gasteiger partial charge in [-0.25, -0.2) is 13.6 Å². The molecule has 1 heterocycles. The van der Waals surface area contributed by atoms with E-state index in [1.165, 1.54) is 0 Å². The normalized spacial score (nSPS) is 11.4. The third-order valence-corrected chi connectivity index (χ3v) is 2.69. The van der Waals surface area contributed by atoms with Crippen molar-refractivity contribution in [3.8, 4) is 0 Å². The van der Waals surface area contributed by atoms with Crippen LogP contribution in [0.4, 0.5) is 5.69 Å². The average molecular weight is 206 g/mol. The summed E-state index contributed by atoms with van der Waals surface area (Å²) >= 11 is 1.55. The van der Waals surface area contributed by atoms with Crippen LogP contribution in [0.5, 0.6) is 0 Å². The van der Waals surface area contributed by atoms with Crippen molar-refractivity contribution < 1.29 is 8.42 Å². The molecule has 1 aromatic rings. The second-order valence-electron chi connectivity index (χ2n) is 2.31. The van der Waals surface area contributed by atoms with Gasteiger partial charge >= 0.3 is 0 Å². The van der Waals surface area contributed by atoms with E-state index in [1.54, 1.807) is 11.3 Å². The first-order chi connectivity index (χ1) is 5.58. The zero-order valence-electron chi connectivity index (χ0n) is 6.36. The highest BCUT2D eigenvalue weighted by molar-refractivity contribution is 7.89. The van der Waals surface area contributed by atoms with E-state index < -0.39 is 10.0 Å². The molecular formula is C6H10N2O2S2. The topological polar surface area (TPSA) is 72.2 Å². The second kappa shape index (κ2) is 3.88. The monoisotopic (exact) mass is 206 g/mol. The van der Waals surface area contributed by atoms with Crippen molar-refractivity contribution in [3.05, 3.63) is 16.8 Å². The molecule has 4 nitrogen and oxygen atoms in total. The highest BCUT2D eigenvalue weighted by Crippen LogP contribution is 2.10. The van der Waals surface area contributed by atoms with Crippen molar-refractivity contribution >= 4 is 27.0 Å². The fraction of sp³-hybridized carbons (Fsp3) is 0.333. The molecule has 0 fully saturated rings. The van der Waals surface area contributed by atoms with Crippen LogP contribution >= 0.6 is 11.3 Å². The Balaban J connectivity index is 2.29. The lowest BCUT2D eigenvalue weighted by molar-refractivity contribution is 0.598. The molecule has 0 saturated heterocycles. The Hall–Kier alpha value is -0.590. The highest BCUT2D eigenvalue weighted by Gasteiger charge is 2.00. The maximum Gasteiger partial charge on any atom is 0.210 e. The molecule has 0 unspecified atom stereocenters. The molecule has 6 heteroatoms. The molecule has 0 saturated carbocycles. The van der Waals surface area contributed by atoms with Gasteiger partial charge in [-0.15, -0.1) is 0 Å². The number of rotatable bonds is 4. The van der Waals surface area contributed by atoms with Gasteiger partial charge in [-0.2, -0.15) is 11.3 Å². The van der Waals surface area contributed by atoms with Crippen LogP contribution in [0.3, 0.4) is 0 Å². The van der Waals surface area contributed by atoms with Gasteiger partial charge < -0.3 is 5.32 Å². The second-order valence-corrected chi connectivity index (χ2v) is 4.82. The summed E-state index contributed by atoms with van der Waals surface area (Å²) in [5, 5.41) is 11.6. The van der Waals surface area contributed by atoms with Crippen molar-refractivity contribution in [2.45, 2.75) is 0 Å². The number of hydrogen-bond acceptors (Lipinski definition) is 4. The van der Waals surface area contributed by atoms with Gasteiger partial charge in [0.2, 0.25) is 10.0 Å². The predicted molar refractivity (Wildman–Crippen MR) is 50.8 cm³/mol. The third kappa shape index (κ3) is 3.70. The Morgan fingerprint density at radius 1 is 1.58 bits per heavy atom. The quantitative estimate of drug-likeness (QED) is 0.751. The zero-order chi connectivity index (χ0) is 9.03. The van der Waals surface area contributed by atoms with Gasteiger partial charge in [-0.1, -0.05) is 0 Å². The fourth-order valence-corrected chi connectivity index (χ4v) is 1.70. The third-order valence-electron chi connectivity index (χ3n) is 1.24. The van der Waals surface area contributed by atoms with Crippen LogP contribution in [0.2, 0.25) is 0 Å². The minimum Gasteiger partial charge on any atom is -0.383 e. The standard InChI is InChI=1S/C6H10N2O2S2/c7-12(9,10)4-2-8-6-1-3-11-5-6/h1,3,5,8H,2,4H2,(H2,7,9,10). The van der Waals surface area contributed by atoms with Crippen molar-refractivity contribution in [1.29, 1.82) is 0 Å². The first kappa shape index (κ1) is 9.50. The summed E-state index contributed by atoms with van der Waals surface area (Å²) in [5.41, 5.74) is 0.934. The molecule has 12 heavy (non-hydrogen) atoms. The summed E-state index contributed by atoms with van der Waals surface area (Å²) in [6.07, 6.45) is 0. The smallest absolute Gasteiger partial charge is 0.210 e. The number of nitrogens with one attached hydrogen (secondary N) is 1. The Labute approximate surface area is 75.5 Å². The van der Waals surface area contributed by atoms with Gasteiger partial charge in [-0.05, 0) is 11.4 Å². The molecular weight excluding hydrogens is 196 g/mol. The lowest BCUT2D eigenvalue weighted by Gasteiger charge is -2.00. The number of primary sulfonamides is 1. The minimum atomic E-state index is -3.34. The number of thiophene rings is 1. The van der Waals surface area contributed by atoms with Crippen molar-refractivity contribution in [3.63, 3.8) is 0 Å². The number of nitrogens with two attached hydrogens (primary N) is 1. The van der Waals surface area contributed by atoms with E-state index in [-0.39, 0.29) is 5.75 Å². The fourth-order valence-electron chi connectivity index (χ4n) is 0.703. The summed E-state index contributed by atoms with van der Waals surface area (Å²) in [6, 6.07) is 1.88. The molecule has 1 aromatic heterocycles. The molecule has 1 rings (SSSR count). The first-order valence-corrected chi connectivity index (χ1v) is 6.00. The lowest BCUT2D eigenvalue weighted by atomic mass is 10.5. The van der Waals surface area contributed by atoms with Crippen molar-refractivity contribution in [2.75, 3.05) is 17.6 Å². The van der Waals surface area contributed by atoms with Crippen LogP contribution in [0.15, 0.2) is 16.8 Å². The molecule has 0 atom stereocenters. The summed E-state index contributed by atoms with van der Waals surface area (Å²) in [6.45, 7) is 0.357. The van der Waals surface area contributed by atoms with Gasteiger partial charge in [0, 0.05) is 17.6 Å². The first-order valence-electron chi connectivity index (χ1n) is 3.34. The van der Waals surface area contributed by atoms with E-state index in [1.807, 2.05) is 16.8 Å². The molecule has 0 amide bonds. The minimum absolute atomic E-state index is 0.0388. The van der Waals surface area contributed by atoms with Gasteiger partial charge in [0.25, 0.3) is 0 Å². The van der Waals surface area contributed by atoms with Crippen LogP contribution in [0.1, 0.15) is 0 Å². The zero-order valence-corrected chi connectivity index (χ0v) is 7.99. The largest absolute Gasteiger partial charge is 0.383 e. The van der Waals surface area contributed by atoms with E-state index in [0.29, 0.717) is 6.54 Å². The SMILES string of the molecule is NS(=O)(=O)CCNc1ccsc1. The highest BCUT2D eigenvalue weighted by atomic mass is 32.2. The maximum atomic E-state index is 10.5. The molecule has 0 aliphatic carbocycles. The van der Waals surface area contributed by atoms with E-state index in [4.69, 9.17) is 5.14 Å². The molecule has 0 aromatic carbocycles. The Kier molecular flexibility index (Phi) is 3.07. The van der Waals surface area contributed by atoms with Gasteiger partial charge in [0.15, 0.2) is 0 Å². The van der Waals surface area contributed by atoms with E-state index in [9.17, 15) is 8.42 Å². The Morgan fingerprint density at radius 2 is 2.33 bits per heavy atom. The Bertz CT molecular complexity index is 317. The van der Waals surface area contributed by atoms with Crippen LogP contribution in [-0.4, -0.2) is 20.7 Å². The molecule has 0 radical (unpaired) electrons. The summed E-state index contributed by atoms with van der Waals surface area (Å²) < 4.78 is 21.0. The van der Waals surface area contributed by atoms with E-state index in [2.05, 4.69) is 5.32 Å². The Morgan fingerprint density at radius 3 is 2.83 bits per heavy atom. The van der Waals surface area contributed by atoms with Crippen LogP contribution in [0, 0.1) is 0 Å². The molecule has 0 aliphatic rings. The summed E-state index contributed by atoms with van der Waals surface area (Å²) in [4.78, 5) is 0. The predicted octanol–water partition coefficient (Wildman–Crippen LogP) is 0.448. The van der Waals surface area contributed by atoms with Gasteiger partial charge in [0.05, 0.1) is 5.75 Å². The molecule has 0 spiro atoms. The van der Waals surface area contributed by atoms with Crippen LogP contribution in [-0.2, 0) is 10.0 Å². The van der Waals surface area contributed by atoms with Crippen molar-refractivity contribution in [1.82, 2.24) is 0 Å². The van der Waals surface area contributed by atoms with Gasteiger partial charge in [0.1, 0.15) is 0 Å². The van der Waals surface area contributed by atoms with E-state index in [0.717, 1.165) is 5.69 Å². The summed E-state index contributed by atoms with van der Waals surface area (Å²) in [7, 11) is -3.34. The van der Waals surface area contributed by atoms with E-state index >= 15 is 0 Å². The lowest BCUT2D eigenvalue weighted by Crippen LogP contribution is -2.22. The van der Waals surface area contributed by atoms with Crippen LogP contribution < -0.4 is 10.5 Å². The number of hydrogen-bond donors (Lipinski definition) is 2. The molecule has 3 N–H and O–H groups in total. The van der Waals surface area contributed by atoms with Crippen molar-refractivity contribution in [2.24, 2.45) is 5.14 Å². The average Bonchev–Trinajstić information content (AvgIpc) is 2.36. The maximum absolute atomic E-state index is 10.5. The van der Waals surface area contributed by atoms with Gasteiger partial charge in [-0.3, -0.25) is 0 Å². The molecule has 0 bridgehead atoms. The number of anilines is 1. The summed E-state index contributed by atoms with van der Waals surface area (Å²) in [5.74, 6) is -0.0388. The number of sulfonamides is 1.